The van der Waals surface area contributed by atoms with Crippen molar-refractivity contribution in [3.63, 3.8) is 0 Å². The highest BCUT2D eigenvalue weighted by atomic mass is 79.9. The molecule has 0 spiro atoms. The van der Waals surface area contributed by atoms with E-state index < -0.39 is 10.0 Å². The highest BCUT2D eigenvalue weighted by Gasteiger charge is 2.22. The zero-order chi connectivity index (χ0) is 14.6. The fraction of sp³-hybridized carbons (Fsp3) is 0.417. The Hall–Kier alpha value is -0.420. The molecular weight excluding hydrogens is 396 g/mol. The fourth-order valence-corrected chi connectivity index (χ4v) is 4.49. The highest BCUT2D eigenvalue weighted by Crippen LogP contribution is 2.29. The molecule has 7 heteroatoms. The second-order valence-electron chi connectivity index (χ2n) is 4.12. The maximum Gasteiger partial charge on any atom is 0.242 e. The van der Waals surface area contributed by atoms with Gasteiger partial charge in [-0.05, 0) is 47.0 Å². The molecule has 0 aliphatic carbocycles. The molecule has 1 rings (SSSR count). The fourth-order valence-electron chi connectivity index (χ4n) is 1.50. The van der Waals surface area contributed by atoms with Crippen LogP contribution in [0.15, 0.2) is 26.0 Å². The maximum atomic E-state index is 12.3. The first-order chi connectivity index (χ1) is 8.81. The Morgan fingerprint density at radius 2 is 2.00 bits per heavy atom. The first-order valence-corrected chi connectivity index (χ1v) is 8.73. The molecule has 0 saturated carbocycles. The number of hydrogen-bond donors (Lipinski definition) is 1. The smallest absolute Gasteiger partial charge is 0.207 e. The van der Waals surface area contributed by atoms with Gasteiger partial charge in [-0.3, -0.25) is 0 Å². The van der Waals surface area contributed by atoms with E-state index in [9.17, 15) is 8.42 Å². The summed E-state index contributed by atoms with van der Waals surface area (Å²) >= 11 is 6.58. The standard InChI is InChI=1S/C12H14Br2N2O2S/c1-3-9(4-5-15)16-19(17,18)12-7-10(13)8(2)6-11(12)14/h6-7,9,16H,3-4H2,1-2H3. The number of benzene rings is 1. The monoisotopic (exact) mass is 408 g/mol. The Morgan fingerprint density at radius 1 is 1.37 bits per heavy atom. The van der Waals surface area contributed by atoms with Gasteiger partial charge >= 0.3 is 0 Å². The zero-order valence-electron chi connectivity index (χ0n) is 10.6. The minimum atomic E-state index is -3.64. The summed E-state index contributed by atoms with van der Waals surface area (Å²) in [5, 5.41) is 8.67. The molecule has 4 nitrogen and oxygen atoms in total. The van der Waals surface area contributed by atoms with Crippen molar-refractivity contribution >= 4 is 41.9 Å². The molecule has 19 heavy (non-hydrogen) atoms. The largest absolute Gasteiger partial charge is 0.242 e. The normalized spacial score (nSPS) is 13.0. The van der Waals surface area contributed by atoms with Gasteiger partial charge in [0.1, 0.15) is 0 Å². The summed E-state index contributed by atoms with van der Waals surface area (Å²) < 4.78 is 28.4. The van der Waals surface area contributed by atoms with Gasteiger partial charge < -0.3 is 0 Å². The number of nitrogens with one attached hydrogen (secondary N) is 1. The SMILES string of the molecule is CCC(CC#N)NS(=O)(=O)c1cc(Br)c(C)cc1Br. The van der Waals surface area contributed by atoms with Gasteiger partial charge in [0.15, 0.2) is 0 Å². The van der Waals surface area contributed by atoms with Crippen molar-refractivity contribution in [1.29, 1.82) is 5.26 Å². The van der Waals surface area contributed by atoms with E-state index in [-0.39, 0.29) is 17.4 Å². The van der Waals surface area contributed by atoms with E-state index in [1.54, 1.807) is 12.1 Å². The molecule has 1 aromatic carbocycles. The van der Waals surface area contributed by atoms with E-state index in [4.69, 9.17) is 5.26 Å². The Bertz CT molecular complexity index is 609. The van der Waals surface area contributed by atoms with Crippen LogP contribution in [0, 0.1) is 18.3 Å². The molecular formula is C12H14Br2N2O2S. The van der Waals surface area contributed by atoms with Gasteiger partial charge in [-0.25, -0.2) is 13.1 Å². The lowest BCUT2D eigenvalue weighted by Crippen LogP contribution is -2.34. The molecule has 1 unspecified atom stereocenters. The van der Waals surface area contributed by atoms with Crippen molar-refractivity contribution in [2.24, 2.45) is 0 Å². The van der Waals surface area contributed by atoms with Gasteiger partial charge in [-0.15, -0.1) is 0 Å². The lowest BCUT2D eigenvalue weighted by Gasteiger charge is -2.15. The first kappa shape index (κ1) is 16.6. The predicted octanol–water partition coefficient (Wildman–Crippen LogP) is 3.49. The molecule has 0 aromatic heterocycles. The van der Waals surface area contributed by atoms with Crippen molar-refractivity contribution in [1.82, 2.24) is 4.72 Å². The van der Waals surface area contributed by atoms with Crippen LogP contribution >= 0.6 is 31.9 Å². The van der Waals surface area contributed by atoms with Gasteiger partial charge in [0.05, 0.1) is 17.4 Å². The molecule has 1 atom stereocenters. The summed E-state index contributed by atoms with van der Waals surface area (Å²) in [7, 11) is -3.64. The Balaban J connectivity index is 3.14. The average Bonchev–Trinajstić information content (AvgIpc) is 2.32. The van der Waals surface area contributed by atoms with Crippen LogP contribution in [0.4, 0.5) is 0 Å². The molecule has 0 aliphatic heterocycles. The van der Waals surface area contributed by atoms with Gasteiger partial charge in [0.25, 0.3) is 0 Å². The van der Waals surface area contributed by atoms with Crippen molar-refractivity contribution in [2.45, 2.75) is 37.6 Å². The Morgan fingerprint density at radius 3 is 2.53 bits per heavy atom. The summed E-state index contributed by atoms with van der Waals surface area (Å²) in [6.45, 7) is 3.72. The van der Waals surface area contributed by atoms with Gasteiger partial charge in [-0.1, -0.05) is 22.9 Å². The molecule has 0 bridgehead atoms. The lowest BCUT2D eigenvalue weighted by atomic mass is 10.2. The third kappa shape index (κ3) is 4.28. The van der Waals surface area contributed by atoms with Crippen LogP contribution in [0.3, 0.4) is 0 Å². The molecule has 0 radical (unpaired) electrons. The molecule has 1 aromatic rings. The van der Waals surface area contributed by atoms with E-state index in [0.29, 0.717) is 10.9 Å². The summed E-state index contributed by atoms with van der Waals surface area (Å²) in [4.78, 5) is 0.168. The molecule has 104 valence electrons. The third-order valence-corrected chi connectivity index (χ3v) is 5.99. The summed E-state index contributed by atoms with van der Waals surface area (Å²) in [5.74, 6) is 0. The van der Waals surface area contributed by atoms with Crippen molar-refractivity contribution < 1.29 is 8.42 Å². The Kier molecular flexibility index (Phi) is 5.99. The number of halogens is 2. The van der Waals surface area contributed by atoms with E-state index in [1.165, 1.54) is 0 Å². The Labute approximate surface area is 130 Å². The van der Waals surface area contributed by atoms with Crippen LogP contribution in [-0.4, -0.2) is 14.5 Å². The molecule has 0 aliphatic rings. The summed E-state index contributed by atoms with van der Waals surface area (Å²) in [6, 6.07) is 4.90. The number of rotatable bonds is 5. The van der Waals surface area contributed by atoms with E-state index in [2.05, 4.69) is 36.6 Å². The number of nitrogens with zero attached hydrogens (tertiary/aromatic N) is 1. The minimum Gasteiger partial charge on any atom is -0.207 e. The van der Waals surface area contributed by atoms with Crippen LogP contribution < -0.4 is 4.72 Å². The highest BCUT2D eigenvalue weighted by molar-refractivity contribution is 9.11. The number of aryl methyl sites for hydroxylation is 1. The summed E-state index contributed by atoms with van der Waals surface area (Å²) in [5.41, 5.74) is 0.940. The van der Waals surface area contributed by atoms with Crippen LogP contribution in [0.25, 0.3) is 0 Å². The van der Waals surface area contributed by atoms with Crippen LogP contribution in [0.2, 0.25) is 0 Å². The predicted molar refractivity (Wildman–Crippen MR) is 81.2 cm³/mol. The van der Waals surface area contributed by atoms with Crippen LogP contribution in [-0.2, 0) is 10.0 Å². The van der Waals surface area contributed by atoms with Crippen LogP contribution in [0.1, 0.15) is 25.3 Å². The quantitative estimate of drug-likeness (QED) is 0.808. The average molecular weight is 410 g/mol. The third-order valence-electron chi connectivity index (χ3n) is 2.65. The van der Waals surface area contributed by atoms with Gasteiger partial charge in [0.2, 0.25) is 10.0 Å². The summed E-state index contributed by atoms with van der Waals surface area (Å²) in [6.07, 6.45) is 0.720. The maximum absolute atomic E-state index is 12.3. The minimum absolute atomic E-state index is 0.153. The van der Waals surface area contributed by atoms with E-state index in [1.807, 2.05) is 19.9 Å². The number of nitriles is 1. The molecule has 0 amide bonds. The topological polar surface area (TPSA) is 70.0 Å². The first-order valence-electron chi connectivity index (χ1n) is 5.66. The van der Waals surface area contributed by atoms with Crippen molar-refractivity contribution in [3.8, 4) is 6.07 Å². The molecule has 0 fully saturated rings. The van der Waals surface area contributed by atoms with Crippen molar-refractivity contribution in [2.75, 3.05) is 0 Å². The van der Waals surface area contributed by atoms with E-state index in [0.717, 1.165) is 10.0 Å². The second kappa shape index (κ2) is 6.84. The molecule has 1 N–H and O–H groups in total. The van der Waals surface area contributed by atoms with Crippen molar-refractivity contribution in [3.05, 3.63) is 26.6 Å². The molecule has 0 saturated heterocycles. The molecule has 0 heterocycles. The lowest BCUT2D eigenvalue weighted by molar-refractivity contribution is 0.542. The second-order valence-corrected chi connectivity index (χ2v) is 7.51. The van der Waals surface area contributed by atoms with E-state index >= 15 is 0 Å². The van der Waals surface area contributed by atoms with Gasteiger partial charge in [0, 0.05) is 15.0 Å². The zero-order valence-corrected chi connectivity index (χ0v) is 14.6. The number of hydrogen-bond acceptors (Lipinski definition) is 3. The number of sulfonamides is 1. The van der Waals surface area contributed by atoms with Crippen LogP contribution in [0.5, 0.6) is 0 Å². The van der Waals surface area contributed by atoms with Gasteiger partial charge in [-0.2, -0.15) is 5.26 Å².